The molecule has 8 nitrogen and oxygen atoms in total. The van der Waals surface area contributed by atoms with Crippen LogP contribution in [0.3, 0.4) is 0 Å². The molecule has 3 heterocycles. The minimum Gasteiger partial charge on any atom is -0.494 e. The van der Waals surface area contributed by atoms with Crippen LogP contribution < -0.4 is 10.1 Å². The highest BCUT2D eigenvalue weighted by Crippen LogP contribution is 2.31. The third-order valence-corrected chi connectivity index (χ3v) is 5.83. The molecule has 0 fully saturated rings. The van der Waals surface area contributed by atoms with Gasteiger partial charge in [0.1, 0.15) is 5.75 Å². The Labute approximate surface area is 193 Å². The van der Waals surface area contributed by atoms with E-state index < -0.39 is 0 Å². The number of rotatable bonds is 8. The van der Waals surface area contributed by atoms with Crippen LogP contribution in [0.2, 0.25) is 0 Å². The number of benzene rings is 2. The molecule has 0 radical (unpaired) electrons. The molecule has 5 aromatic rings. The Morgan fingerprint density at radius 2 is 2.00 bits per heavy atom. The Bertz CT molecular complexity index is 1390. The number of anilines is 1. The lowest BCUT2D eigenvalue weighted by Crippen LogP contribution is -2.12. The number of H-pyrrole nitrogens is 1. The standard InChI is InChI=1S/C24H21N5O3S/c1-2-31-16-9-7-15(8-10-16)23-28-22(32-29-23)12-11-21(30)27-24-26-20(14-33-24)18-13-25-19-6-4-3-5-17(18)19/h3-10,13-14,25H,2,11-12H2,1H3,(H,26,27,30). The molecule has 166 valence electrons. The van der Waals surface area contributed by atoms with Crippen LogP contribution in [0.1, 0.15) is 19.2 Å². The van der Waals surface area contributed by atoms with E-state index in [1.165, 1.54) is 11.3 Å². The fourth-order valence-corrected chi connectivity index (χ4v) is 4.21. The van der Waals surface area contributed by atoms with Gasteiger partial charge in [0.2, 0.25) is 17.6 Å². The van der Waals surface area contributed by atoms with Gasteiger partial charge in [-0.2, -0.15) is 4.98 Å². The number of carbonyl (C=O) groups excluding carboxylic acids is 1. The summed E-state index contributed by atoms with van der Waals surface area (Å²) in [5.74, 6) is 1.52. The molecular formula is C24H21N5O3S. The molecular weight excluding hydrogens is 438 g/mol. The van der Waals surface area contributed by atoms with Crippen LogP contribution in [0, 0.1) is 0 Å². The van der Waals surface area contributed by atoms with Crippen LogP contribution >= 0.6 is 11.3 Å². The Hall–Kier alpha value is -3.98. The maximum atomic E-state index is 12.4. The summed E-state index contributed by atoms with van der Waals surface area (Å²) in [6.45, 7) is 2.55. The molecule has 0 aliphatic rings. The average molecular weight is 460 g/mol. The topological polar surface area (TPSA) is 106 Å². The minimum atomic E-state index is -0.157. The number of hydrogen-bond donors (Lipinski definition) is 2. The summed E-state index contributed by atoms with van der Waals surface area (Å²) in [5.41, 5.74) is 3.71. The molecule has 33 heavy (non-hydrogen) atoms. The summed E-state index contributed by atoms with van der Waals surface area (Å²) in [4.78, 5) is 24.6. The molecule has 5 rings (SSSR count). The SMILES string of the molecule is CCOc1ccc(-c2noc(CCC(=O)Nc3nc(-c4c[nH]c5ccccc45)cs3)n2)cc1. The van der Waals surface area contributed by atoms with E-state index in [1.807, 2.05) is 67.0 Å². The Morgan fingerprint density at radius 3 is 2.85 bits per heavy atom. The summed E-state index contributed by atoms with van der Waals surface area (Å²) in [6, 6.07) is 15.5. The molecule has 2 N–H and O–H groups in total. The van der Waals surface area contributed by atoms with E-state index in [9.17, 15) is 4.79 Å². The van der Waals surface area contributed by atoms with Gasteiger partial charge in [0.05, 0.1) is 12.3 Å². The Balaban J connectivity index is 1.18. The van der Waals surface area contributed by atoms with Crippen LogP contribution in [-0.4, -0.2) is 32.6 Å². The molecule has 0 atom stereocenters. The number of fused-ring (bicyclic) bond motifs is 1. The van der Waals surface area contributed by atoms with E-state index in [0.29, 0.717) is 29.9 Å². The number of nitrogens with zero attached hydrogens (tertiary/aromatic N) is 3. The van der Waals surface area contributed by atoms with E-state index in [1.54, 1.807) is 0 Å². The van der Waals surface area contributed by atoms with Gasteiger partial charge in [-0.1, -0.05) is 23.4 Å². The fraction of sp³-hybridized carbons (Fsp3) is 0.167. The van der Waals surface area contributed by atoms with Gasteiger partial charge < -0.3 is 19.6 Å². The molecule has 2 aromatic carbocycles. The third-order valence-electron chi connectivity index (χ3n) is 5.07. The molecule has 0 unspecified atom stereocenters. The number of ether oxygens (including phenoxy) is 1. The van der Waals surface area contributed by atoms with Gasteiger partial charge in [-0.15, -0.1) is 11.3 Å². The van der Waals surface area contributed by atoms with E-state index in [2.05, 4.69) is 25.4 Å². The van der Waals surface area contributed by atoms with Crippen molar-refractivity contribution in [2.24, 2.45) is 0 Å². The number of thiazole rings is 1. The zero-order valence-corrected chi connectivity index (χ0v) is 18.7. The number of hydrogen-bond acceptors (Lipinski definition) is 7. The lowest BCUT2D eigenvalue weighted by molar-refractivity contribution is -0.116. The molecule has 0 aliphatic heterocycles. The van der Waals surface area contributed by atoms with Crippen molar-refractivity contribution in [3.8, 4) is 28.4 Å². The molecule has 0 spiro atoms. The Kier molecular flexibility index (Phi) is 5.86. The molecule has 0 bridgehead atoms. The first kappa shape index (κ1) is 20.9. The second-order valence-electron chi connectivity index (χ2n) is 7.30. The van der Waals surface area contributed by atoms with E-state index in [0.717, 1.165) is 33.5 Å². The van der Waals surface area contributed by atoms with Crippen LogP contribution in [0.5, 0.6) is 5.75 Å². The van der Waals surface area contributed by atoms with Gasteiger partial charge in [-0.05, 0) is 37.3 Å². The Morgan fingerprint density at radius 1 is 1.15 bits per heavy atom. The number of aromatic amines is 1. The van der Waals surface area contributed by atoms with Crippen LogP contribution in [0.4, 0.5) is 5.13 Å². The zero-order valence-electron chi connectivity index (χ0n) is 17.9. The summed E-state index contributed by atoms with van der Waals surface area (Å²) >= 11 is 1.39. The number of carbonyl (C=O) groups is 1. The number of aromatic nitrogens is 4. The quantitative estimate of drug-likeness (QED) is 0.326. The highest BCUT2D eigenvalue weighted by Gasteiger charge is 2.14. The smallest absolute Gasteiger partial charge is 0.227 e. The summed E-state index contributed by atoms with van der Waals surface area (Å²) in [6.07, 6.45) is 2.49. The molecule has 3 aromatic heterocycles. The van der Waals surface area contributed by atoms with Crippen molar-refractivity contribution in [1.29, 1.82) is 0 Å². The number of aryl methyl sites for hydroxylation is 1. The first-order valence-corrected chi connectivity index (χ1v) is 11.5. The highest BCUT2D eigenvalue weighted by atomic mass is 32.1. The molecule has 9 heteroatoms. The zero-order chi connectivity index (χ0) is 22.6. The van der Waals surface area contributed by atoms with Gasteiger partial charge in [0, 0.05) is 46.4 Å². The van der Waals surface area contributed by atoms with Crippen molar-refractivity contribution in [2.45, 2.75) is 19.8 Å². The number of amides is 1. The maximum absolute atomic E-state index is 12.4. The van der Waals surface area contributed by atoms with Gasteiger partial charge in [0.25, 0.3) is 0 Å². The largest absolute Gasteiger partial charge is 0.494 e. The molecule has 0 saturated carbocycles. The summed E-state index contributed by atoms with van der Waals surface area (Å²) in [7, 11) is 0. The predicted octanol–water partition coefficient (Wildman–Crippen LogP) is 5.31. The maximum Gasteiger partial charge on any atom is 0.227 e. The van der Waals surface area contributed by atoms with Crippen molar-refractivity contribution in [2.75, 3.05) is 11.9 Å². The van der Waals surface area contributed by atoms with Crippen molar-refractivity contribution >= 4 is 33.3 Å². The predicted molar refractivity (Wildman–Crippen MR) is 127 cm³/mol. The van der Waals surface area contributed by atoms with Gasteiger partial charge >= 0.3 is 0 Å². The molecule has 1 amide bonds. The van der Waals surface area contributed by atoms with Crippen molar-refractivity contribution in [1.82, 2.24) is 20.1 Å². The summed E-state index contributed by atoms with van der Waals surface area (Å²) in [5, 5.41) is 10.5. The van der Waals surface area contributed by atoms with Crippen molar-refractivity contribution in [3.05, 3.63) is 66.0 Å². The second kappa shape index (κ2) is 9.25. The summed E-state index contributed by atoms with van der Waals surface area (Å²) < 4.78 is 10.7. The van der Waals surface area contributed by atoms with Crippen LogP contribution in [-0.2, 0) is 11.2 Å². The lowest BCUT2D eigenvalue weighted by atomic mass is 10.1. The highest BCUT2D eigenvalue weighted by molar-refractivity contribution is 7.14. The van der Waals surface area contributed by atoms with E-state index >= 15 is 0 Å². The molecule has 0 saturated heterocycles. The van der Waals surface area contributed by atoms with E-state index in [4.69, 9.17) is 9.26 Å². The van der Waals surface area contributed by atoms with Gasteiger partial charge in [0.15, 0.2) is 5.13 Å². The normalized spacial score (nSPS) is 11.1. The number of para-hydroxylation sites is 1. The third kappa shape index (κ3) is 4.63. The van der Waals surface area contributed by atoms with Gasteiger partial charge in [-0.3, -0.25) is 4.79 Å². The minimum absolute atomic E-state index is 0.157. The average Bonchev–Trinajstić information content (AvgIpc) is 3.58. The van der Waals surface area contributed by atoms with E-state index in [-0.39, 0.29) is 12.3 Å². The van der Waals surface area contributed by atoms with Crippen molar-refractivity contribution in [3.63, 3.8) is 0 Å². The lowest BCUT2D eigenvalue weighted by Gasteiger charge is -2.02. The monoisotopic (exact) mass is 459 g/mol. The fourth-order valence-electron chi connectivity index (χ4n) is 3.48. The molecule has 0 aliphatic carbocycles. The van der Waals surface area contributed by atoms with Crippen LogP contribution in [0.25, 0.3) is 33.5 Å². The second-order valence-corrected chi connectivity index (χ2v) is 8.16. The van der Waals surface area contributed by atoms with Gasteiger partial charge in [-0.25, -0.2) is 4.98 Å². The first-order chi connectivity index (χ1) is 16.2. The van der Waals surface area contributed by atoms with Crippen LogP contribution in [0.15, 0.2) is 64.6 Å². The first-order valence-electron chi connectivity index (χ1n) is 10.6. The number of nitrogens with one attached hydrogen (secondary N) is 2. The van der Waals surface area contributed by atoms with Crippen molar-refractivity contribution < 1.29 is 14.1 Å².